The van der Waals surface area contributed by atoms with Gasteiger partial charge in [-0.2, -0.15) is 0 Å². The first-order valence-electron chi connectivity index (χ1n) is 6.17. The maximum atomic E-state index is 12.1. The van der Waals surface area contributed by atoms with Gasteiger partial charge in [0.15, 0.2) is 0 Å². The van der Waals surface area contributed by atoms with E-state index in [9.17, 15) is 9.90 Å². The summed E-state index contributed by atoms with van der Waals surface area (Å²) in [5, 5.41) is 10.2. The maximum Gasteiger partial charge on any atom is 0.340 e. The molecule has 1 N–H and O–H groups in total. The van der Waals surface area contributed by atoms with E-state index < -0.39 is 5.97 Å². The fourth-order valence-corrected chi connectivity index (χ4v) is 2.75. The highest BCUT2D eigenvalue weighted by atomic mass is 79.9. The third-order valence-corrected chi connectivity index (χ3v) is 3.84. The predicted molar refractivity (Wildman–Crippen MR) is 79.1 cm³/mol. The summed E-state index contributed by atoms with van der Waals surface area (Å²) in [5.41, 5.74) is 1.74. The molecule has 1 aromatic heterocycles. The zero-order chi connectivity index (χ0) is 14.9. The summed E-state index contributed by atoms with van der Waals surface area (Å²) in [6.07, 6.45) is 0. The first-order valence-corrected chi connectivity index (χ1v) is 6.97. The van der Waals surface area contributed by atoms with Crippen molar-refractivity contribution in [2.45, 2.75) is 13.5 Å². The van der Waals surface area contributed by atoms with Crippen molar-refractivity contribution in [2.24, 2.45) is 7.05 Å². The lowest BCUT2D eigenvalue weighted by Crippen LogP contribution is -2.08. The number of aliphatic hydroxyl groups excluding tert-OH is 1. The Morgan fingerprint density at radius 1 is 1.45 bits per heavy atom. The Morgan fingerprint density at radius 3 is 2.70 bits per heavy atom. The van der Waals surface area contributed by atoms with Crippen LogP contribution in [0.1, 0.15) is 23.0 Å². The molecule has 2 aromatic rings. The van der Waals surface area contributed by atoms with Crippen LogP contribution in [0.4, 0.5) is 0 Å². The predicted octanol–water partition coefficient (Wildman–Crippen LogP) is 2.62. The summed E-state index contributed by atoms with van der Waals surface area (Å²) in [7, 11) is 3.36. The number of carbonyl (C=O) groups excluding carboxylic acids is 1. The highest BCUT2D eigenvalue weighted by molar-refractivity contribution is 9.10. The zero-order valence-corrected chi connectivity index (χ0v) is 13.2. The molecule has 1 aromatic carbocycles. The van der Waals surface area contributed by atoms with Crippen LogP contribution >= 0.6 is 15.9 Å². The van der Waals surface area contributed by atoms with Crippen LogP contribution in [-0.4, -0.2) is 29.4 Å². The lowest BCUT2D eigenvalue weighted by atomic mass is 10.1. The van der Waals surface area contributed by atoms with Crippen molar-refractivity contribution in [3.05, 3.63) is 27.9 Å². The highest BCUT2D eigenvalue weighted by Crippen LogP contribution is 2.35. The van der Waals surface area contributed by atoms with Crippen LogP contribution in [-0.2, 0) is 18.4 Å². The largest absolute Gasteiger partial charge is 0.496 e. The smallest absolute Gasteiger partial charge is 0.340 e. The van der Waals surface area contributed by atoms with Gasteiger partial charge in [-0.3, -0.25) is 0 Å². The quantitative estimate of drug-likeness (QED) is 0.868. The standard InChI is InChI=1S/C14H16BrNO4/c1-4-20-14(18)13-8-5-12(19-3)9(15)6-10(8)16(2)11(13)7-17/h5-6,17H,4,7H2,1-3H3. The molecule has 0 bridgehead atoms. The third kappa shape index (κ3) is 2.29. The minimum Gasteiger partial charge on any atom is -0.496 e. The summed E-state index contributed by atoms with van der Waals surface area (Å²) >= 11 is 3.42. The maximum absolute atomic E-state index is 12.1. The molecule has 20 heavy (non-hydrogen) atoms. The number of esters is 1. The summed E-state index contributed by atoms with van der Waals surface area (Å²) < 4.78 is 12.9. The number of fused-ring (bicyclic) bond motifs is 1. The van der Waals surface area contributed by atoms with Crippen LogP contribution in [0.25, 0.3) is 10.9 Å². The van der Waals surface area contributed by atoms with Crippen LogP contribution in [0.2, 0.25) is 0 Å². The number of hydrogen-bond acceptors (Lipinski definition) is 4. The van der Waals surface area contributed by atoms with Gasteiger partial charge >= 0.3 is 5.97 Å². The van der Waals surface area contributed by atoms with Crippen LogP contribution < -0.4 is 4.74 Å². The fourth-order valence-electron chi connectivity index (χ4n) is 2.26. The second kappa shape index (κ2) is 5.85. The SMILES string of the molecule is CCOC(=O)c1c(CO)n(C)c2cc(Br)c(OC)cc12. The van der Waals surface area contributed by atoms with Gasteiger partial charge in [0.05, 0.1) is 41.6 Å². The Bertz CT molecular complexity index is 663. The Labute approximate surface area is 125 Å². The van der Waals surface area contributed by atoms with Crippen molar-refractivity contribution in [2.75, 3.05) is 13.7 Å². The average molecular weight is 342 g/mol. The van der Waals surface area contributed by atoms with Gasteiger partial charge < -0.3 is 19.1 Å². The molecular formula is C14H16BrNO4. The van der Waals surface area contributed by atoms with Crippen LogP contribution in [0.15, 0.2) is 16.6 Å². The number of aliphatic hydroxyl groups is 1. The van der Waals surface area contributed by atoms with Crippen molar-refractivity contribution in [3.63, 3.8) is 0 Å². The second-order valence-corrected chi connectivity index (χ2v) is 5.12. The molecule has 0 aliphatic heterocycles. The number of benzene rings is 1. The Balaban J connectivity index is 2.79. The van der Waals surface area contributed by atoms with Gasteiger partial charge in [-0.25, -0.2) is 4.79 Å². The van der Waals surface area contributed by atoms with Crippen LogP contribution in [0.5, 0.6) is 5.75 Å². The first kappa shape index (κ1) is 14.9. The van der Waals surface area contributed by atoms with Gasteiger partial charge in [-0.05, 0) is 35.0 Å². The molecule has 0 fully saturated rings. The van der Waals surface area contributed by atoms with E-state index in [2.05, 4.69) is 15.9 Å². The second-order valence-electron chi connectivity index (χ2n) is 4.26. The topological polar surface area (TPSA) is 60.7 Å². The molecule has 5 nitrogen and oxygen atoms in total. The van der Waals surface area contributed by atoms with Crippen LogP contribution in [0.3, 0.4) is 0 Å². The average Bonchev–Trinajstić information content (AvgIpc) is 2.70. The Morgan fingerprint density at radius 2 is 2.15 bits per heavy atom. The first-order chi connectivity index (χ1) is 9.54. The van der Waals surface area contributed by atoms with Gasteiger partial charge in [-0.15, -0.1) is 0 Å². The molecule has 0 saturated heterocycles. The molecule has 108 valence electrons. The number of carbonyl (C=O) groups is 1. The normalized spacial score (nSPS) is 10.8. The molecule has 0 atom stereocenters. The number of aryl methyl sites for hydroxylation is 1. The van der Waals surface area contributed by atoms with E-state index in [1.807, 2.05) is 6.07 Å². The molecule has 0 spiro atoms. The number of aromatic nitrogens is 1. The number of methoxy groups -OCH3 is 1. The van der Waals surface area contributed by atoms with Gasteiger partial charge in [0.1, 0.15) is 5.75 Å². The van der Waals surface area contributed by atoms with Crippen molar-refractivity contribution in [1.82, 2.24) is 4.57 Å². The molecular weight excluding hydrogens is 326 g/mol. The molecule has 0 aliphatic carbocycles. The van der Waals surface area contributed by atoms with Crippen molar-refractivity contribution >= 4 is 32.8 Å². The van der Waals surface area contributed by atoms with E-state index in [0.717, 1.165) is 9.99 Å². The van der Waals surface area contributed by atoms with Gasteiger partial charge in [0, 0.05) is 12.4 Å². The van der Waals surface area contributed by atoms with Crippen molar-refractivity contribution < 1.29 is 19.4 Å². The van der Waals surface area contributed by atoms with E-state index in [0.29, 0.717) is 22.4 Å². The van der Waals surface area contributed by atoms with Crippen LogP contribution in [0, 0.1) is 0 Å². The molecule has 0 radical (unpaired) electrons. The van der Waals surface area contributed by atoms with E-state index >= 15 is 0 Å². The Kier molecular flexibility index (Phi) is 4.35. The monoisotopic (exact) mass is 341 g/mol. The summed E-state index contributed by atoms with van der Waals surface area (Å²) in [5.74, 6) is 0.185. The zero-order valence-electron chi connectivity index (χ0n) is 11.6. The van der Waals surface area contributed by atoms with Gasteiger partial charge in [-0.1, -0.05) is 0 Å². The molecule has 2 rings (SSSR count). The van der Waals surface area contributed by atoms with E-state index in [4.69, 9.17) is 9.47 Å². The van der Waals surface area contributed by atoms with Gasteiger partial charge in [0.25, 0.3) is 0 Å². The molecule has 6 heteroatoms. The lowest BCUT2D eigenvalue weighted by molar-refractivity contribution is 0.0524. The number of nitrogens with zero attached hydrogens (tertiary/aromatic N) is 1. The summed E-state index contributed by atoms with van der Waals surface area (Å²) in [6.45, 7) is 1.80. The molecule has 1 heterocycles. The summed E-state index contributed by atoms with van der Waals surface area (Å²) in [6, 6.07) is 3.63. The number of hydrogen-bond donors (Lipinski definition) is 1. The fraction of sp³-hybridized carbons (Fsp3) is 0.357. The molecule has 0 unspecified atom stereocenters. The third-order valence-electron chi connectivity index (χ3n) is 3.22. The summed E-state index contributed by atoms with van der Waals surface area (Å²) in [4.78, 5) is 12.1. The minimum absolute atomic E-state index is 0.237. The number of halogens is 1. The molecule has 0 aliphatic rings. The van der Waals surface area contributed by atoms with Crippen molar-refractivity contribution in [1.29, 1.82) is 0 Å². The molecule has 0 saturated carbocycles. The minimum atomic E-state index is -0.438. The highest BCUT2D eigenvalue weighted by Gasteiger charge is 2.23. The molecule has 0 amide bonds. The number of ether oxygens (including phenoxy) is 2. The van der Waals surface area contributed by atoms with Gasteiger partial charge in [0.2, 0.25) is 0 Å². The van der Waals surface area contributed by atoms with Crippen molar-refractivity contribution in [3.8, 4) is 5.75 Å². The lowest BCUT2D eigenvalue weighted by Gasteiger charge is -2.05. The van der Waals surface area contributed by atoms with E-state index in [1.54, 1.807) is 31.7 Å². The van der Waals surface area contributed by atoms with E-state index in [-0.39, 0.29) is 13.2 Å². The Hall–Kier alpha value is -1.53. The van der Waals surface area contributed by atoms with E-state index in [1.165, 1.54) is 0 Å². The number of rotatable bonds is 4.